The number of rotatable bonds is 4. The Balaban J connectivity index is 1.66. The van der Waals surface area contributed by atoms with E-state index in [4.69, 9.17) is 4.74 Å². The molecule has 1 aliphatic heterocycles. The van der Waals surface area contributed by atoms with E-state index in [1.165, 1.54) is 31.4 Å². The fourth-order valence-corrected chi connectivity index (χ4v) is 4.43. The highest BCUT2D eigenvalue weighted by Gasteiger charge is 2.45. The van der Waals surface area contributed by atoms with Crippen LogP contribution in [0.1, 0.15) is 37.7 Å². The number of alkyl halides is 3. The molecule has 0 aromatic heterocycles. The van der Waals surface area contributed by atoms with Gasteiger partial charge in [-0.25, -0.2) is 0 Å². The predicted octanol–water partition coefficient (Wildman–Crippen LogP) is 4.37. The molecular weight excluding hydrogens is 319 g/mol. The molecule has 134 valence electrons. The zero-order valence-corrected chi connectivity index (χ0v) is 13.9. The van der Waals surface area contributed by atoms with E-state index in [0.29, 0.717) is 12.6 Å². The van der Waals surface area contributed by atoms with Gasteiger partial charge in [-0.3, -0.25) is 4.90 Å². The largest absolute Gasteiger partial charge is 0.573 e. The SMILES string of the molecule is CO[C@@H]1CCC[C@]12CCCN(Cc1cccc(OC(F)(F)F)c1)C2. The van der Waals surface area contributed by atoms with Gasteiger partial charge in [0.1, 0.15) is 5.75 Å². The first-order valence-electron chi connectivity index (χ1n) is 8.50. The number of likely N-dealkylation sites (tertiary alicyclic amines) is 1. The average Bonchev–Trinajstić information content (AvgIpc) is 2.88. The molecule has 6 heteroatoms. The van der Waals surface area contributed by atoms with E-state index in [-0.39, 0.29) is 11.2 Å². The normalized spacial score (nSPS) is 28.4. The third-order valence-corrected chi connectivity index (χ3v) is 5.33. The van der Waals surface area contributed by atoms with Crippen LogP contribution in [-0.4, -0.2) is 37.6 Å². The van der Waals surface area contributed by atoms with Crippen LogP contribution in [0.25, 0.3) is 0 Å². The third kappa shape index (κ3) is 4.03. The zero-order valence-electron chi connectivity index (χ0n) is 13.9. The molecule has 24 heavy (non-hydrogen) atoms. The van der Waals surface area contributed by atoms with Crippen LogP contribution in [0.5, 0.6) is 5.75 Å². The van der Waals surface area contributed by atoms with E-state index in [9.17, 15) is 13.2 Å². The molecule has 1 spiro atoms. The number of methoxy groups -OCH3 is 1. The number of nitrogens with zero attached hydrogens (tertiary/aromatic N) is 1. The monoisotopic (exact) mass is 343 g/mol. The topological polar surface area (TPSA) is 21.7 Å². The first-order chi connectivity index (χ1) is 11.4. The van der Waals surface area contributed by atoms with Crippen LogP contribution >= 0.6 is 0 Å². The van der Waals surface area contributed by atoms with Crippen molar-refractivity contribution in [2.45, 2.75) is 51.1 Å². The highest BCUT2D eigenvalue weighted by atomic mass is 19.4. The second-order valence-electron chi connectivity index (χ2n) is 6.99. The van der Waals surface area contributed by atoms with Crippen molar-refractivity contribution in [3.05, 3.63) is 29.8 Å². The van der Waals surface area contributed by atoms with Crippen LogP contribution < -0.4 is 4.74 Å². The second-order valence-corrected chi connectivity index (χ2v) is 6.99. The fourth-order valence-electron chi connectivity index (χ4n) is 4.43. The first kappa shape index (κ1) is 17.5. The van der Waals surface area contributed by atoms with Gasteiger partial charge in [-0.15, -0.1) is 13.2 Å². The van der Waals surface area contributed by atoms with E-state index in [0.717, 1.165) is 31.5 Å². The Bertz CT molecular complexity index is 563. The van der Waals surface area contributed by atoms with Crippen LogP contribution in [-0.2, 0) is 11.3 Å². The number of hydrogen-bond donors (Lipinski definition) is 0. The highest BCUT2D eigenvalue weighted by molar-refractivity contribution is 5.28. The molecule has 1 aromatic rings. The summed E-state index contributed by atoms with van der Waals surface area (Å²) in [4.78, 5) is 2.34. The standard InChI is InChI=1S/C18H24F3NO2/c1-23-16-7-3-8-17(16)9-4-10-22(13-17)12-14-5-2-6-15(11-14)24-18(19,20)21/h2,5-6,11,16H,3-4,7-10,12-13H2,1H3/t16-,17-/m1/s1. The van der Waals surface area contributed by atoms with Crippen molar-refractivity contribution in [2.24, 2.45) is 5.41 Å². The minimum atomic E-state index is -4.65. The van der Waals surface area contributed by atoms with E-state index < -0.39 is 6.36 Å². The molecule has 3 rings (SSSR count). The molecule has 2 fully saturated rings. The lowest BCUT2D eigenvalue weighted by atomic mass is 9.76. The minimum absolute atomic E-state index is 0.151. The molecule has 0 bridgehead atoms. The molecule has 1 saturated carbocycles. The van der Waals surface area contributed by atoms with E-state index in [2.05, 4.69) is 9.64 Å². The van der Waals surface area contributed by atoms with Crippen molar-refractivity contribution in [2.75, 3.05) is 20.2 Å². The van der Waals surface area contributed by atoms with Crippen LogP contribution in [0, 0.1) is 5.41 Å². The molecule has 0 N–H and O–H groups in total. The van der Waals surface area contributed by atoms with Gasteiger partial charge < -0.3 is 9.47 Å². The number of hydrogen-bond acceptors (Lipinski definition) is 3. The predicted molar refractivity (Wildman–Crippen MR) is 84.7 cm³/mol. The smallest absolute Gasteiger partial charge is 0.406 e. The van der Waals surface area contributed by atoms with Crippen molar-refractivity contribution in [1.29, 1.82) is 0 Å². The summed E-state index contributed by atoms with van der Waals surface area (Å²) < 4.78 is 46.8. The Labute approximate surface area is 140 Å². The van der Waals surface area contributed by atoms with Crippen molar-refractivity contribution in [1.82, 2.24) is 4.90 Å². The molecule has 1 heterocycles. The van der Waals surface area contributed by atoms with Gasteiger partial charge in [-0.1, -0.05) is 18.6 Å². The number of benzene rings is 1. The van der Waals surface area contributed by atoms with E-state index >= 15 is 0 Å². The van der Waals surface area contributed by atoms with Crippen molar-refractivity contribution < 1.29 is 22.6 Å². The van der Waals surface area contributed by atoms with Gasteiger partial charge in [0.2, 0.25) is 0 Å². The molecule has 1 aromatic carbocycles. The molecular formula is C18H24F3NO2. The molecule has 1 aliphatic carbocycles. The third-order valence-electron chi connectivity index (χ3n) is 5.33. The van der Waals surface area contributed by atoms with Gasteiger partial charge in [-0.05, 0) is 49.9 Å². The van der Waals surface area contributed by atoms with Gasteiger partial charge in [0.05, 0.1) is 6.10 Å². The quantitative estimate of drug-likeness (QED) is 0.810. The Hall–Kier alpha value is -1.27. The Morgan fingerprint density at radius 2 is 2.04 bits per heavy atom. The number of piperidine rings is 1. The minimum Gasteiger partial charge on any atom is -0.406 e. The summed E-state index contributed by atoms with van der Waals surface area (Å²) in [5.74, 6) is -0.151. The summed E-state index contributed by atoms with van der Waals surface area (Å²) in [5, 5.41) is 0. The van der Waals surface area contributed by atoms with Crippen LogP contribution in [0.2, 0.25) is 0 Å². The fraction of sp³-hybridized carbons (Fsp3) is 0.667. The lowest BCUT2D eigenvalue weighted by molar-refractivity contribution is -0.274. The number of ether oxygens (including phenoxy) is 2. The zero-order chi connectivity index (χ0) is 17.2. The van der Waals surface area contributed by atoms with Gasteiger partial charge >= 0.3 is 6.36 Å². The Morgan fingerprint density at radius 3 is 2.79 bits per heavy atom. The molecule has 0 radical (unpaired) electrons. The summed E-state index contributed by atoms with van der Waals surface area (Å²) in [6.07, 6.45) is 1.43. The molecule has 1 saturated heterocycles. The van der Waals surface area contributed by atoms with Crippen molar-refractivity contribution >= 4 is 0 Å². The Kier molecular flexibility index (Phi) is 5.06. The van der Waals surface area contributed by atoms with Crippen LogP contribution in [0.4, 0.5) is 13.2 Å². The average molecular weight is 343 g/mol. The van der Waals surface area contributed by atoms with Gasteiger partial charge in [0.25, 0.3) is 0 Å². The molecule has 0 amide bonds. The summed E-state index contributed by atoms with van der Waals surface area (Å²) >= 11 is 0. The maximum absolute atomic E-state index is 12.4. The van der Waals surface area contributed by atoms with Gasteiger partial charge in [-0.2, -0.15) is 0 Å². The Morgan fingerprint density at radius 1 is 1.25 bits per heavy atom. The van der Waals surface area contributed by atoms with Gasteiger partial charge in [0, 0.05) is 25.6 Å². The second kappa shape index (κ2) is 6.92. The lowest BCUT2D eigenvalue weighted by Gasteiger charge is -2.43. The van der Waals surface area contributed by atoms with Crippen molar-refractivity contribution in [3.8, 4) is 5.75 Å². The van der Waals surface area contributed by atoms with Crippen LogP contribution in [0.3, 0.4) is 0 Å². The summed E-state index contributed by atoms with van der Waals surface area (Å²) in [7, 11) is 1.79. The molecule has 2 aliphatic rings. The van der Waals surface area contributed by atoms with E-state index in [1.54, 1.807) is 13.2 Å². The maximum Gasteiger partial charge on any atom is 0.573 e. The van der Waals surface area contributed by atoms with Gasteiger partial charge in [0.15, 0.2) is 0 Å². The molecule has 3 nitrogen and oxygen atoms in total. The summed E-state index contributed by atoms with van der Waals surface area (Å²) in [5.41, 5.74) is 1.06. The van der Waals surface area contributed by atoms with E-state index in [1.807, 2.05) is 6.07 Å². The lowest BCUT2D eigenvalue weighted by Crippen LogP contribution is -2.47. The molecule has 2 atom stereocenters. The van der Waals surface area contributed by atoms with Crippen molar-refractivity contribution in [3.63, 3.8) is 0 Å². The first-order valence-corrected chi connectivity index (χ1v) is 8.50. The summed E-state index contributed by atoms with van der Waals surface area (Å²) in [6.45, 7) is 2.58. The maximum atomic E-state index is 12.4. The molecule has 0 unspecified atom stereocenters. The summed E-state index contributed by atoms with van der Waals surface area (Å²) in [6, 6.07) is 6.29. The number of halogens is 3. The van der Waals surface area contributed by atoms with Crippen LogP contribution in [0.15, 0.2) is 24.3 Å². The highest BCUT2D eigenvalue weighted by Crippen LogP contribution is 2.46.